The first kappa shape index (κ1) is 12.9. The molecule has 1 rings (SSSR count). The molecule has 0 saturated carbocycles. The van der Waals surface area contributed by atoms with Gasteiger partial charge in [0.05, 0.1) is 11.6 Å². The molecule has 15 heavy (non-hydrogen) atoms. The van der Waals surface area contributed by atoms with Gasteiger partial charge in [-0.1, -0.05) is 20.8 Å². The van der Waals surface area contributed by atoms with Crippen LogP contribution in [0, 0.1) is 5.92 Å². The molecule has 3 heteroatoms. The second-order valence-electron chi connectivity index (χ2n) is 5.42. The van der Waals surface area contributed by atoms with E-state index < -0.39 is 11.1 Å². The topological polar surface area (TPSA) is 43.4 Å². The van der Waals surface area contributed by atoms with Crippen molar-refractivity contribution in [2.75, 3.05) is 0 Å². The van der Waals surface area contributed by atoms with Crippen LogP contribution in [0.3, 0.4) is 0 Å². The Morgan fingerprint density at radius 3 is 2.27 bits per heavy atom. The van der Waals surface area contributed by atoms with E-state index in [0.29, 0.717) is 6.42 Å². The van der Waals surface area contributed by atoms with Gasteiger partial charge in [-0.25, -0.2) is 0 Å². The molecule has 89 valence electrons. The minimum Gasteiger partial charge on any atom is -0.393 e. The number of hydrogen-bond donors (Lipinski definition) is 1. The van der Waals surface area contributed by atoms with Gasteiger partial charge < -0.3 is 5.11 Å². The maximum absolute atomic E-state index is 12.4. The van der Waals surface area contributed by atoms with Gasteiger partial charge in [0.15, 0.2) is 0 Å². The van der Waals surface area contributed by atoms with Crippen LogP contribution in [0.15, 0.2) is 0 Å². The van der Waals surface area contributed by atoms with Gasteiger partial charge in [0, 0.05) is 11.5 Å². The summed E-state index contributed by atoms with van der Waals surface area (Å²) in [4.78, 5) is 0. The molecule has 0 aromatic rings. The summed E-state index contributed by atoms with van der Waals surface area (Å²) in [6.07, 6.45) is 1.80. The molecule has 4 atom stereocenters. The van der Waals surface area contributed by atoms with Crippen molar-refractivity contribution in [2.45, 2.75) is 71.1 Å². The molecule has 0 amide bonds. The molecule has 1 heterocycles. The summed E-state index contributed by atoms with van der Waals surface area (Å²) in [5.41, 5.74) is -0.834. The lowest BCUT2D eigenvalue weighted by Crippen LogP contribution is -2.65. The SMILES string of the molecule is CCC1(C)CC(O)C(C)C(C)(CC)N1[O]. The maximum Gasteiger partial charge on any atom is 0.0602 e. The van der Waals surface area contributed by atoms with Crippen molar-refractivity contribution in [2.24, 2.45) is 5.92 Å². The van der Waals surface area contributed by atoms with Crippen LogP contribution in [-0.2, 0) is 5.21 Å². The molecule has 0 aromatic heterocycles. The normalized spacial score (nSPS) is 48.2. The summed E-state index contributed by atoms with van der Waals surface area (Å²) >= 11 is 0. The second kappa shape index (κ2) is 4.04. The van der Waals surface area contributed by atoms with E-state index in [-0.39, 0.29) is 12.0 Å². The van der Waals surface area contributed by atoms with Gasteiger partial charge >= 0.3 is 0 Å². The Bertz CT molecular complexity index is 234. The predicted octanol–water partition coefficient (Wildman–Crippen LogP) is 2.37. The summed E-state index contributed by atoms with van der Waals surface area (Å²) in [5.74, 6) is 0.0413. The maximum atomic E-state index is 12.4. The molecule has 0 aromatic carbocycles. The Labute approximate surface area is 93.1 Å². The molecule has 0 aliphatic carbocycles. The number of nitrogens with zero attached hydrogens (tertiary/aromatic N) is 1. The van der Waals surface area contributed by atoms with Crippen LogP contribution in [0.5, 0.6) is 0 Å². The lowest BCUT2D eigenvalue weighted by Gasteiger charge is -2.55. The molecule has 0 spiro atoms. The Balaban J connectivity index is 3.05. The lowest BCUT2D eigenvalue weighted by atomic mass is 9.69. The zero-order valence-corrected chi connectivity index (χ0v) is 10.6. The number of aliphatic hydroxyl groups excluding tert-OH is 1. The van der Waals surface area contributed by atoms with E-state index >= 15 is 0 Å². The molecule has 1 saturated heterocycles. The van der Waals surface area contributed by atoms with Crippen molar-refractivity contribution in [3.8, 4) is 0 Å². The first-order chi connectivity index (χ1) is 6.81. The highest BCUT2D eigenvalue weighted by Crippen LogP contribution is 2.44. The largest absolute Gasteiger partial charge is 0.393 e. The fraction of sp³-hybridized carbons (Fsp3) is 1.00. The van der Waals surface area contributed by atoms with Crippen LogP contribution >= 0.6 is 0 Å². The molecule has 1 aliphatic rings. The van der Waals surface area contributed by atoms with Crippen LogP contribution < -0.4 is 0 Å². The minimum atomic E-state index is -0.428. The Hall–Kier alpha value is -0.120. The lowest BCUT2D eigenvalue weighted by molar-refractivity contribution is -0.324. The third-order valence-corrected chi connectivity index (χ3v) is 4.64. The summed E-state index contributed by atoms with van der Waals surface area (Å²) in [7, 11) is 0. The van der Waals surface area contributed by atoms with E-state index in [9.17, 15) is 10.3 Å². The van der Waals surface area contributed by atoms with Crippen LogP contribution in [0.1, 0.15) is 53.9 Å². The molecule has 1 fully saturated rings. The van der Waals surface area contributed by atoms with Gasteiger partial charge in [0.1, 0.15) is 0 Å². The van der Waals surface area contributed by atoms with E-state index in [1.165, 1.54) is 5.06 Å². The van der Waals surface area contributed by atoms with E-state index in [2.05, 4.69) is 0 Å². The number of piperidine rings is 1. The number of hydroxylamine groups is 2. The minimum absolute atomic E-state index is 0.0413. The summed E-state index contributed by atoms with van der Waals surface area (Å²) < 4.78 is 0. The molecular formula is C12H24NO2. The summed E-state index contributed by atoms with van der Waals surface area (Å²) in [5, 5.41) is 23.7. The highest BCUT2D eigenvalue weighted by Gasteiger charge is 2.53. The summed E-state index contributed by atoms with van der Waals surface area (Å²) in [6, 6.07) is 0. The van der Waals surface area contributed by atoms with Crippen molar-refractivity contribution in [3.63, 3.8) is 0 Å². The predicted molar refractivity (Wildman–Crippen MR) is 59.7 cm³/mol. The Morgan fingerprint density at radius 2 is 1.87 bits per heavy atom. The van der Waals surface area contributed by atoms with Crippen molar-refractivity contribution >= 4 is 0 Å². The van der Waals surface area contributed by atoms with Crippen LogP contribution in [0.25, 0.3) is 0 Å². The van der Waals surface area contributed by atoms with E-state index in [4.69, 9.17) is 0 Å². The highest BCUT2D eigenvalue weighted by molar-refractivity contribution is 5.02. The van der Waals surface area contributed by atoms with Gasteiger partial charge in [0.25, 0.3) is 0 Å². The summed E-state index contributed by atoms with van der Waals surface area (Å²) in [6.45, 7) is 9.96. The molecule has 1 N–H and O–H groups in total. The van der Waals surface area contributed by atoms with Crippen molar-refractivity contribution < 1.29 is 10.3 Å². The quantitative estimate of drug-likeness (QED) is 0.767. The van der Waals surface area contributed by atoms with E-state index in [0.717, 1.165) is 12.8 Å². The number of rotatable bonds is 2. The third kappa shape index (κ3) is 1.81. The van der Waals surface area contributed by atoms with Crippen molar-refractivity contribution in [1.82, 2.24) is 5.06 Å². The van der Waals surface area contributed by atoms with Gasteiger partial charge in [-0.2, -0.15) is 0 Å². The van der Waals surface area contributed by atoms with Crippen molar-refractivity contribution in [3.05, 3.63) is 0 Å². The number of aliphatic hydroxyl groups is 1. The van der Waals surface area contributed by atoms with Crippen LogP contribution in [-0.4, -0.2) is 27.4 Å². The fourth-order valence-corrected chi connectivity index (χ4v) is 2.68. The average Bonchev–Trinajstić information content (AvgIpc) is 2.23. The molecular weight excluding hydrogens is 190 g/mol. The molecule has 1 aliphatic heterocycles. The van der Waals surface area contributed by atoms with Crippen LogP contribution in [0.2, 0.25) is 0 Å². The Morgan fingerprint density at radius 1 is 1.33 bits per heavy atom. The fourth-order valence-electron chi connectivity index (χ4n) is 2.68. The average molecular weight is 214 g/mol. The van der Waals surface area contributed by atoms with Gasteiger partial charge in [-0.3, -0.25) is 0 Å². The first-order valence-corrected chi connectivity index (χ1v) is 5.97. The van der Waals surface area contributed by atoms with Crippen molar-refractivity contribution in [1.29, 1.82) is 0 Å². The van der Waals surface area contributed by atoms with Gasteiger partial charge in [0.2, 0.25) is 0 Å². The van der Waals surface area contributed by atoms with Gasteiger partial charge in [-0.15, -0.1) is 10.3 Å². The standard InChI is InChI=1S/C12H24NO2/c1-6-11(4)8-10(14)9(3)12(5,7-2)13(11)15/h9-10,14H,6-8H2,1-5H3. The molecule has 1 radical (unpaired) electrons. The monoisotopic (exact) mass is 214 g/mol. The smallest absolute Gasteiger partial charge is 0.0602 e. The van der Waals surface area contributed by atoms with Crippen LogP contribution in [0.4, 0.5) is 0 Å². The third-order valence-electron chi connectivity index (χ3n) is 4.64. The second-order valence-corrected chi connectivity index (χ2v) is 5.42. The highest BCUT2D eigenvalue weighted by atomic mass is 16.5. The Kier molecular flexibility index (Phi) is 3.49. The first-order valence-electron chi connectivity index (χ1n) is 5.97. The number of hydrogen-bond acceptors (Lipinski definition) is 2. The van der Waals surface area contributed by atoms with E-state index in [1.54, 1.807) is 0 Å². The molecule has 0 bridgehead atoms. The van der Waals surface area contributed by atoms with Gasteiger partial charge in [-0.05, 0) is 33.1 Å². The zero-order valence-electron chi connectivity index (χ0n) is 10.6. The zero-order chi connectivity index (χ0) is 11.9. The molecule has 3 nitrogen and oxygen atoms in total. The van der Waals surface area contributed by atoms with E-state index in [1.807, 2.05) is 34.6 Å². The molecule has 4 unspecified atom stereocenters.